The van der Waals surface area contributed by atoms with Gasteiger partial charge in [-0.1, -0.05) is 36.4 Å². The maximum absolute atomic E-state index is 4.50. The Bertz CT molecular complexity index is 849. The average molecular weight is 533 g/mol. The van der Waals surface area contributed by atoms with Crippen LogP contribution >= 0.6 is 24.0 Å². The number of aromatic nitrogens is 2. The summed E-state index contributed by atoms with van der Waals surface area (Å²) in [5.41, 5.74) is 2.77. The summed E-state index contributed by atoms with van der Waals surface area (Å²) in [5, 5.41) is 3.55. The van der Waals surface area contributed by atoms with Crippen molar-refractivity contribution < 1.29 is 0 Å². The minimum Gasteiger partial charge on any atom is -0.355 e. The molecule has 0 bridgehead atoms. The van der Waals surface area contributed by atoms with E-state index in [4.69, 9.17) is 0 Å². The molecule has 0 aliphatic carbocycles. The Balaban J connectivity index is 0.00000272. The number of nitrogens with zero attached hydrogens (tertiary/aromatic N) is 6. The molecule has 3 heterocycles. The zero-order chi connectivity index (χ0) is 20.6. The number of rotatable bonds is 5. The second-order valence-electron chi connectivity index (χ2n) is 7.64. The Kier molecular flexibility index (Phi) is 9.08. The fourth-order valence-corrected chi connectivity index (χ4v) is 4.06. The summed E-state index contributed by atoms with van der Waals surface area (Å²) >= 11 is 0. The molecule has 1 aromatic heterocycles. The molecule has 0 amide bonds. The summed E-state index contributed by atoms with van der Waals surface area (Å²) in [6.45, 7) is 7.82. The van der Waals surface area contributed by atoms with Crippen molar-refractivity contribution in [2.24, 2.45) is 4.99 Å². The molecule has 2 aliphatic heterocycles. The van der Waals surface area contributed by atoms with Crippen molar-refractivity contribution in [3.05, 3.63) is 60.4 Å². The maximum atomic E-state index is 4.50. The van der Waals surface area contributed by atoms with Crippen LogP contribution in [0.25, 0.3) is 5.57 Å². The van der Waals surface area contributed by atoms with E-state index in [2.05, 4.69) is 71.4 Å². The van der Waals surface area contributed by atoms with Crippen molar-refractivity contribution >= 4 is 41.5 Å². The van der Waals surface area contributed by atoms with Gasteiger partial charge in [-0.3, -0.25) is 9.89 Å². The first-order valence-electron chi connectivity index (χ1n) is 10.8. The molecule has 1 aromatic carbocycles. The van der Waals surface area contributed by atoms with Gasteiger partial charge >= 0.3 is 0 Å². The molecular weight excluding hydrogens is 501 g/mol. The number of aliphatic imine (C=N–C) groups is 1. The van der Waals surface area contributed by atoms with Gasteiger partial charge in [0.1, 0.15) is 0 Å². The fraction of sp³-hybridized carbons (Fsp3) is 0.435. The minimum absolute atomic E-state index is 0. The van der Waals surface area contributed by atoms with Gasteiger partial charge in [-0.2, -0.15) is 0 Å². The number of halogens is 1. The highest BCUT2D eigenvalue weighted by molar-refractivity contribution is 14.0. The highest BCUT2D eigenvalue weighted by Crippen LogP contribution is 2.21. The molecule has 0 saturated carbocycles. The highest BCUT2D eigenvalue weighted by atomic mass is 127. The van der Waals surface area contributed by atoms with E-state index in [1.165, 1.54) is 11.1 Å². The number of anilines is 1. The van der Waals surface area contributed by atoms with E-state index in [-0.39, 0.29) is 24.0 Å². The van der Waals surface area contributed by atoms with E-state index in [0.29, 0.717) is 0 Å². The van der Waals surface area contributed by atoms with Crippen molar-refractivity contribution in [2.75, 3.05) is 64.3 Å². The predicted octanol–water partition coefficient (Wildman–Crippen LogP) is 2.58. The van der Waals surface area contributed by atoms with Crippen LogP contribution in [0.2, 0.25) is 0 Å². The normalized spacial score (nSPS) is 17.7. The second kappa shape index (κ2) is 12.0. The molecule has 7 nitrogen and oxygen atoms in total. The van der Waals surface area contributed by atoms with Crippen LogP contribution < -0.4 is 10.2 Å². The quantitative estimate of drug-likeness (QED) is 0.363. The molecule has 1 N–H and O–H groups in total. The third-order valence-corrected chi connectivity index (χ3v) is 5.78. The number of hydrogen-bond acceptors (Lipinski definition) is 5. The van der Waals surface area contributed by atoms with Gasteiger partial charge in [-0.05, 0) is 23.6 Å². The first-order valence-corrected chi connectivity index (χ1v) is 10.8. The molecule has 0 unspecified atom stereocenters. The Morgan fingerprint density at radius 3 is 2.39 bits per heavy atom. The van der Waals surface area contributed by atoms with Gasteiger partial charge in [0.2, 0.25) is 5.95 Å². The third kappa shape index (κ3) is 6.39. The first-order chi connectivity index (χ1) is 14.8. The van der Waals surface area contributed by atoms with Gasteiger partial charge in [-0.15, -0.1) is 24.0 Å². The van der Waals surface area contributed by atoms with Crippen molar-refractivity contribution in [3.63, 3.8) is 0 Å². The van der Waals surface area contributed by atoms with Crippen LogP contribution in [-0.4, -0.2) is 85.1 Å². The number of guanidine groups is 1. The zero-order valence-corrected chi connectivity index (χ0v) is 20.5. The number of nitrogens with one attached hydrogen (secondary N) is 1. The molecule has 0 spiro atoms. The lowest BCUT2D eigenvalue weighted by Gasteiger charge is -2.35. The number of hydrogen-bond donors (Lipinski definition) is 1. The van der Waals surface area contributed by atoms with Crippen LogP contribution in [0.5, 0.6) is 0 Å². The van der Waals surface area contributed by atoms with Gasteiger partial charge in [0, 0.05) is 71.8 Å². The molecule has 8 heteroatoms. The van der Waals surface area contributed by atoms with Gasteiger partial charge in [-0.25, -0.2) is 9.97 Å². The molecular formula is C23H32IN7. The molecule has 0 radical (unpaired) electrons. The molecule has 166 valence electrons. The summed E-state index contributed by atoms with van der Waals surface area (Å²) in [6, 6.07) is 12.5. The van der Waals surface area contributed by atoms with Crippen LogP contribution in [0.4, 0.5) is 5.95 Å². The van der Waals surface area contributed by atoms with Crippen LogP contribution in [0.1, 0.15) is 12.0 Å². The van der Waals surface area contributed by atoms with Crippen LogP contribution in [-0.2, 0) is 0 Å². The lowest BCUT2D eigenvalue weighted by atomic mass is 10.00. The lowest BCUT2D eigenvalue weighted by Crippen LogP contribution is -2.50. The fourth-order valence-electron chi connectivity index (χ4n) is 4.06. The molecule has 1 fully saturated rings. The molecule has 0 atom stereocenters. The lowest BCUT2D eigenvalue weighted by molar-refractivity contribution is 0.259. The summed E-state index contributed by atoms with van der Waals surface area (Å²) < 4.78 is 0. The predicted molar refractivity (Wildman–Crippen MR) is 138 cm³/mol. The smallest absolute Gasteiger partial charge is 0.225 e. The average Bonchev–Trinajstić information content (AvgIpc) is 2.84. The Labute approximate surface area is 202 Å². The third-order valence-electron chi connectivity index (χ3n) is 5.78. The highest BCUT2D eigenvalue weighted by Gasteiger charge is 2.19. The molecule has 2 aromatic rings. The Morgan fingerprint density at radius 2 is 1.74 bits per heavy atom. The van der Waals surface area contributed by atoms with Crippen molar-refractivity contribution in [2.45, 2.75) is 6.42 Å². The summed E-state index contributed by atoms with van der Waals surface area (Å²) in [4.78, 5) is 20.3. The SMILES string of the molecule is CN=C(NCCN1CCN(c2ncccn2)CC1)N1CC=C(c2ccccc2)CC1.I. The largest absolute Gasteiger partial charge is 0.355 e. The molecule has 1 saturated heterocycles. The summed E-state index contributed by atoms with van der Waals surface area (Å²) in [6.07, 6.45) is 7.00. The van der Waals surface area contributed by atoms with Crippen LogP contribution in [0.15, 0.2) is 59.9 Å². The van der Waals surface area contributed by atoms with Gasteiger partial charge in [0.05, 0.1) is 0 Å². The maximum Gasteiger partial charge on any atom is 0.225 e. The first kappa shape index (κ1) is 23.5. The van der Waals surface area contributed by atoms with Crippen molar-refractivity contribution in [3.8, 4) is 0 Å². The van der Waals surface area contributed by atoms with E-state index in [1.807, 2.05) is 25.5 Å². The molecule has 2 aliphatic rings. The van der Waals surface area contributed by atoms with E-state index < -0.39 is 0 Å². The van der Waals surface area contributed by atoms with E-state index in [0.717, 1.165) is 70.7 Å². The standard InChI is InChI=1S/C23H31N7.HI/c1-24-22(29-13-8-21(9-14-29)20-6-3-2-4-7-20)27-12-15-28-16-18-30(19-17-28)23-25-10-5-11-26-23;/h2-8,10-11H,9,12-19H2,1H3,(H,24,27);1H. The topological polar surface area (TPSA) is 59.9 Å². The van der Waals surface area contributed by atoms with Gasteiger partial charge < -0.3 is 15.1 Å². The molecule has 4 rings (SSSR count). The Hall–Kier alpha value is -2.20. The van der Waals surface area contributed by atoms with E-state index in [9.17, 15) is 0 Å². The zero-order valence-electron chi connectivity index (χ0n) is 18.2. The minimum atomic E-state index is 0. The number of benzene rings is 1. The Morgan fingerprint density at radius 1 is 1.00 bits per heavy atom. The number of piperazine rings is 1. The summed E-state index contributed by atoms with van der Waals surface area (Å²) in [7, 11) is 1.87. The van der Waals surface area contributed by atoms with Crippen molar-refractivity contribution in [1.82, 2.24) is 25.1 Å². The molecule has 31 heavy (non-hydrogen) atoms. The monoisotopic (exact) mass is 533 g/mol. The van der Waals surface area contributed by atoms with E-state index >= 15 is 0 Å². The van der Waals surface area contributed by atoms with E-state index in [1.54, 1.807) is 0 Å². The van der Waals surface area contributed by atoms with Crippen LogP contribution in [0.3, 0.4) is 0 Å². The van der Waals surface area contributed by atoms with Gasteiger partial charge in [0.25, 0.3) is 0 Å². The summed E-state index contributed by atoms with van der Waals surface area (Å²) in [5.74, 6) is 1.83. The van der Waals surface area contributed by atoms with Gasteiger partial charge in [0.15, 0.2) is 5.96 Å². The van der Waals surface area contributed by atoms with Crippen LogP contribution in [0, 0.1) is 0 Å². The second-order valence-corrected chi connectivity index (χ2v) is 7.64. The van der Waals surface area contributed by atoms with Crippen molar-refractivity contribution in [1.29, 1.82) is 0 Å².